The van der Waals surface area contributed by atoms with Gasteiger partial charge in [0, 0.05) is 5.39 Å². The van der Waals surface area contributed by atoms with E-state index in [4.69, 9.17) is 4.42 Å². The first-order valence-corrected chi connectivity index (χ1v) is 7.63. The second-order valence-electron chi connectivity index (χ2n) is 3.86. The largest absolute Gasteiger partial charge is 0.453 e. The molecule has 0 fully saturated rings. The van der Waals surface area contributed by atoms with Gasteiger partial charge in [-0.05, 0) is 62.2 Å². The van der Waals surface area contributed by atoms with Gasteiger partial charge < -0.3 is 4.42 Å². The number of halogens is 3. The molecule has 0 saturated carbocycles. The van der Waals surface area contributed by atoms with E-state index in [1.54, 1.807) is 12.1 Å². The van der Waals surface area contributed by atoms with Crippen molar-refractivity contribution in [2.75, 3.05) is 0 Å². The van der Waals surface area contributed by atoms with Gasteiger partial charge in [0.05, 0.1) is 13.1 Å². The SMILES string of the molecule is O=C(c1cc2cc(F)ccc2o1)c1cc(Br)sc1Br. The van der Waals surface area contributed by atoms with Gasteiger partial charge in [-0.25, -0.2) is 4.39 Å². The lowest BCUT2D eigenvalue weighted by molar-refractivity contribution is 0.101. The molecule has 0 aliphatic heterocycles. The molecule has 0 atom stereocenters. The maximum Gasteiger partial charge on any atom is 0.230 e. The predicted octanol–water partition coefficient (Wildman–Crippen LogP) is 5.39. The average molecular weight is 404 g/mol. The zero-order valence-corrected chi connectivity index (χ0v) is 13.2. The van der Waals surface area contributed by atoms with Crippen LogP contribution in [0, 0.1) is 5.82 Å². The number of fused-ring (bicyclic) bond motifs is 1. The molecule has 96 valence electrons. The zero-order chi connectivity index (χ0) is 13.6. The van der Waals surface area contributed by atoms with Crippen LogP contribution in [0.3, 0.4) is 0 Å². The molecule has 0 saturated heterocycles. The Bertz CT molecular complexity index is 791. The highest BCUT2D eigenvalue weighted by molar-refractivity contribution is 9.12. The number of ketones is 1. The molecule has 3 aromatic rings. The first-order valence-electron chi connectivity index (χ1n) is 5.23. The lowest BCUT2D eigenvalue weighted by Gasteiger charge is -1.93. The minimum atomic E-state index is -0.355. The monoisotopic (exact) mass is 402 g/mol. The molecule has 2 nitrogen and oxygen atoms in total. The van der Waals surface area contributed by atoms with Crippen LogP contribution in [0.5, 0.6) is 0 Å². The first kappa shape index (κ1) is 13.0. The highest BCUT2D eigenvalue weighted by Gasteiger charge is 2.19. The third-order valence-corrected chi connectivity index (χ3v) is 4.94. The van der Waals surface area contributed by atoms with Crippen LogP contribution >= 0.6 is 43.2 Å². The third-order valence-electron chi connectivity index (χ3n) is 2.60. The summed E-state index contributed by atoms with van der Waals surface area (Å²) in [4.78, 5) is 12.3. The summed E-state index contributed by atoms with van der Waals surface area (Å²) in [6, 6.07) is 7.44. The van der Waals surface area contributed by atoms with Gasteiger partial charge in [0.25, 0.3) is 0 Å². The summed E-state index contributed by atoms with van der Waals surface area (Å²) in [6.07, 6.45) is 0. The van der Waals surface area contributed by atoms with Gasteiger partial charge in [0.2, 0.25) is 5.78 Å². The van der Waals surface area contributed by atoms with E-state index in [0.717, 1.165) is 7.57 Å². The van der Waals surface area contributed by atoms with Crippen molar-refractivity contribution in [2.45, 2.75) is 0 Å². The van der Waals surface area contributed by atoms with E-state index in [-0.39, 0.29) is 17.4 Å². The zero-order valence-electron chi connectivity index (χ0n) is 9.25. The summed E-state index contributed by atoms with van der Waals surface area (Å²) in [6.45, 7) is 0. The van der Waals surface area contributed by atoms with Crippen molar-refractivity contribution in [3.8, 4) is 0 Å². The molecular formula is C13H5Br2FO2S. The molecule has 0 N–H and O–H groups in total. The summed E-state index contributed by atoms with van der Waals surface area (Å²) >= 11 is 8.07. The molecule has 19 heavy (non-hydrogen) atoms. The van der Waals surface area contributed by atoms with Gasteiger partial charge in [-0.1, -0.05) is 0 Å². The Balaban J connectivity index is 2.09. The summed E-state index contributed by atoms with van der Waals surface area (Å²) in [5, 5.41) is 0.578. The fraction of sp³-hybridized carbons (Fsp3) is 0. The van der Waals surface area contributed by atoms with E-state index in [1.165, 1.54) is 29.5 Å². The Hall–Kier alpha value is -0.980. The second-order valence-corrected chi connectivity index (χ2v) is 7.61. The standard InChI is InChI=1S/C13H5Br2FO2S/c14-11-5-8(13(15)19-11)12(17)10-4-6-3-7(16)1-2-9(6)18-10/h1-5H. The molecule has 0 radical (unpaired) electrons. The van der Waals surface area contributed by atoms with Gasteiger partial charge in [0.1, 0.15) is 11.4 Å². The van der Waals surface area contributed by atoms with Crippen molar-refractivity contribution in [2.24, 2.45) is 0 Å². The molecule has 3 rings (SSSR count). The van der Waals surface area contributed by atoms with E-state index in [1.807, 2.05) is 0 Å². The highest BCUT2D eigenvalue weighted by Crippen LogP contribution is 2.34. The number of benzene rings is 1. The Morgan fingerprint density at radius 3 is 2.68 bits per heavy atom. The molecular weight excluding hydrogens is 399 g/mol. The highest BCUT2D eigenvalue weighted by atomic mass is 79.9. The molecule has 0 aliphatic rings. The Morgan fingerprint density at radius 2 is 2.00 bits per heavy atom. The van der Waals surface area contributed by atoms with Crippen molar-refractivity contribution < 1.29 is 13.6 Å². The number of hydrogen-bond acceptors (Lipinski definition) is 3. The smallest absolute Gasteiger partial charge is 0.230 e. The lowest BCUT2D eigenvalue weighted by atomic mass is 10.1. The molecule has 2 aromatic heterocycles. The van der Waals surface area contributed by atoms with Gasteiger partial charge >= 0.3 is 0 Å². The Morgan fingerprint density at radius 1 is 1.21 bits per heavy atom. The van der Waals surface area contributed by atoms with Crippen molar-refractivity contribution >= 4 is 59.9 Å². The summed E-state index contributed by atoms with van der Waals surface area (Å²) < 4.78 is 20.1. The van der Waals surface area contributed by atoms with Crippen molar-refractivity contribution in [3.05, 3.63) is 55.0 Å². The normalized spacial score (nSPS) is 11.1. The van der Waals surface area contributed by atoms with Gasteiger partial charge in [-0.2, -0.15) is 0 Å². The van der Waals surface area contributed by atoms with Crippen molar-refractivity contribution in [1.29, 1.82) is 0 Å². The molecule has 0 amide bonds. The average Bonchev–Trinajstić information content (AvgIpc) is 2.91. The first-order chi connectivity index (χ1) is 9.04. The number of thiophene rings is 1. The van der Waals surface area contributed by atoms with Crippen LogP contribution in [0.4, 0.5) is 4.39 Å². The maximum absolute atomic E-state index is 13.1. The number of carbonyl (C=O) groups excluding carboxylic acids is 1. The van der Waals surface area contributed by atoms with Gasteiger partial charge in [0.15, 0.2) is 5.76 Å². The molecule has 6 heteroatoms. The Kier molecular flexibility index (Phi) is 3.32. The fourth-order valence-corrected chi connectivity index (χ4v) is 4.55. The summed E-state index contributed by atoms with van der Waals surface area (Å²) in [5.41, 5.74) is 1.02. The van der Waals surface area contributed by atoms with Gasteiger partial charge in [-0.15, -0.1) is 11.3 Å². The van der Waals surface area contributed by atoms with Crippen LogP contribution in [0.2, 0.25) is 0 Å². The molecule has 0 aliphatic carbocycles. The van der Waals surface area contributed by atoms with Crippen LogP contribution in [-0.4, -0.2) is 5.78 Å². The minimum Gasteiger partial charge on any atom is -0.453 e. The van der Waals surface area contributed by atoms with E-state index >= 15 is 0 Å². The number of hydrogen-bond donors (Lipinski definition) is 0. The fourth-order valence-electron chi connectivity index (χ4n) is 1.75. The number of rotatable bonds is 2. The topological polar surface area (TPSA) is 30.2 Å². The molecule has 0 spiro atoms. The third kappa shape index (κ3) is 2.40. The second kappa shape index (κ2) is 4.85. The molecule has 0 bridgehead atoms. The van der Waals surface area contributed by atoms with Crippen LogP contribution in [0.1, 0.15) is 16.1 Å². The predicted molar refractivity (Wildman–Crippen MR) is 79.3 cm³/mol. The molecule has 1 aromatic carbocycles. The van der Waals surface area contributed by atoms with Crippen LogP contribution < -0.4 is 0 Å². The van der Waals surface area contributed by atoms with Crippen LogP contribution in [-0.2, 0) is 0 Å². The number of carbonyl (C=O) groups is 1. The summed E-state index contributed by atoms with van der Waals surface area (Å²) in [5.74, 6) is -0.385. The van der Waals surface area contributed by atoms with E-state index in [0.29, 0.717) is 16.5 Å². The molecule has 0 unspecified atom stereocenters. The van der Waals surface area contributed by atoms with Gasteiger partial charge in [-0.3, -0.25) is 4.79 Å². The summed E-state index contributed by atoms with van der Waals surface area (Å²) in [7, 11) is 0. The lowest BCUT2D eigenvalue weighted by Crippen LogP contribution is -1.97. The quantitative estimate of drug-likeness (QED) is 0.537. The maximum atomic E-state index is 13.1. The van der Waals surface area contributed by atoms with Crippen molar-refractivity contribution in [1.82, 2.24) is 0 Å². The van der Waals surface area contributed by atoms with E-state index < -0.39 is 0 Å². The van der Waals surface area contributed by atoms with E-state index in [9.17, 15) is 9.18 Å². The minimum absolute atomic E-state index is 0.201. The van der Waals surface area contributed by atoms with E-state index in [2.05, 4.69) is 31.9 Å². The Labute approximate surface area is 128 Å². The molecule has 2 heterocycles. The van der Waals surface area contributed by atoms with Crippen LogP contribution in [0.25, 0.3) is 11.0 Å². The van der Waals surface area contributed by atoms with Crippen LogP contribution in [0.15, 0.2) is 42.3 Å². The number of furan rings is 1. The van der Waals surface area contributed by atoms with Crippen molar-refractivity contribution in [3.63, 3.8) is 0 Å².